The maximum Gasteiger partial charge on any atom is 0.508 e. The molecular weight excluding hydrogens is 386 g/mol. The molecule has 162 valence electrons. The molecule has 1 N–H and O–H groups in total. The number of benzene rings is 1. The molecule has 0 spiro atoms. The zero-order valence-corrected chi connectivity index (χ0v) is 19.7. The van der Waals surface area contributed by atoms with Gasteiger partial charge in [-0.15, -0.1) is 0 Å². The Morgan fingerprint density at radius 3 is 2.34 bits per heavy atom. The Kier molecular flexibility index (Phi) is 7.51. The second kappa shape index (κ2) is 9.30. The number of carbonyl (C=O) groups excluding carboxylic acids is 2. The largest absolute Gasteiger partial charge is 0.508 e. The Hall–Kier alpha value is -1.86. The summed E-state index contributed by atoms with van der Waals surface area (Å²) in [6.07, 6.45) is -1.32. The van der Waals surface area contributed by atoms with Crippen molar-refractivity contribution < 1.29 is 23.5 Å². The van der Waals surface area contributed by atoms with E-state index in [4.69, 9.17) is 13.9 Å². The van der Waals surface area contributed by atoms with E-state index in [1.165, 1.54) is 0 Å². The number of hydrogen-bond acceptors (Lipinski definition) is 5. The molecule has 29 heavy (non-hydrogen) atoms. The molecule has 1 amide bonds. The van der Waals surface area contributed by atoms with Crippen molar-refractivity contribution in [1.82, 2.24) is 5.32 Å². The third-order valence-electron chi connectivity index (χ3n) is 6.11. The van der Waals surface area contributed by atoms with E-state index in [0.29, 0.717) is 6.61 Å². The van der Waals surface area contributed by atoms with E-state index in [-0.39, 0.29) is 29.5 Å². The van der Waals surface area contributed by atoms with Crippen LogP contribution in [-0.2, 0) is 25.3 Å². The van der Waals surface area contributed by atoms with Crippen LogP contribution in [0.1, 0.15) is 40.2 Å². The SMILES string of the molecule is C[C@@H](CO[Si](C)(C)C(C)(C)C)[C@H]1NC(=O)[C@@H]1[C@@H](C)OC(=O)OCc1ccccc1. The van der Waals surface area contributed by atoms with Crippen molar-refractivity contribution >= 4 is 20.4 Å². The molecule has 7 heteroatoms. The maximum absolute atomic E-state index is 12.1. The minimum absolute atomic E-state index is 0.0795. The highest BCUT2D eigenvalue weighted by Gasteiger charge is 2.48. The molecule has 0 bridgehead atoms. The second-order valence-corrected chi connectivity index (χ2v) is 14.3. The van der Waals surface area contributed by atoms with Gasteiger partial charge in [-0.2, -0.15) is 0 Å². The number of amides is 1. The lowest BCUT2D eigenvalue weighted by atomic mass is 9.79. The highest BCUT2D eigenvalue weighted by atomic mass is 28.4. The first kappa shape index (κ1) is 23.4. The summed E-state index contributed by atoms with van der Waals surface area (Å²) in [5, 5.41) is 3.08. The molecule has 0 radical (unpaired) electrons. The van der Waals surface area contributed by atoms with E-state index in [9.17, 15) is 9.59 Å². The van der Waals surface area contributed by atoms with E-state index in [1.54, 1.807) is 6.92 Å². The van der Waals surface area contributed by atoms with Crippen LogP contribution in [0.3, 0.4) is 0 Å². The normalized spacial score (nSPS) is 21.6. The lowest BCUT2D eigenvalue weighted by Gasteiger charge is -2.44. The van der Waals surface area contributed by atoms with Gasteiger partial charge in [-0.25, -0.2) is 4.79 Å². The maximum atomic E-state index is 12.1. The van der Waals surface area contributed by atoms with Gasteiger partial charge in [0.25, 0.3) is 0 Å². The van der Waals surface area contributed by atoms with Gasteiger partial charge in [-0.05, 0) is 36.5 Å². The fraction of sp³-hybridized carbons (Fsp3) is 0.636. The third kappa shape index (κ3) is 6.06. The monoisotopic (exact) mass is 421 g/mol. The molecule has 6 nitrogen and oxygen atoms in total. The van der Waals surface area contributed by atoms with Crippen molar-refractivity contribution in [3.8, 4) is 0 Å². The Labute approximate surface area is 175 Å². The van der Waals surface area contributed by atoms with Gasteiger partial charge < -0.3 is 19.2 Å². The average Bonchev–Trinajstić information content (AvgIpc) is 2.62. The van der Waals surface area contributed by atoms with Gasteiger partial charge in [0.15, 0.2) is 8.32 Å². The number of ether oxygens (including phenoxy) is 2. The number of carbonyl (C=O) groups is 2. The van der Waals surface area contributed by atoms with Crippen LogP contribution in [0.2, 0.25) is 18.1 Å². The Bertz CT molecular complexity index is 701. The quantitative estimate of drug-likeness (QED) is 0.380. The first-order valence-corrected chi connectivity index (χ1v) is 13.1. The zero-order valence-electron chi connectivity index (χ0n) is 18.7. The molecule has 1 heterocycles. The summed E-state index contributed by atoms with van der Waals surface area (Å²) in [6.45, 7) is 15.5. The Balaban J connectivity index is 1.85. The number of rotatable bonds is 8. The summed E-state index contributed by atoms with van der Waals surface area (Å²) < 4.78 is 16.8. The van der Waals surface area contributed by atoms with Crippen LogP contribution in [0, 0.1) is 11.8 Å². The van der Waals surface area contributed by atoms with E-state index >= 15 is 0 Å². The molecule has 0 saturated carbocycles. The van der Waals surface area contributed by atoms with Crippen LogP contribution < -0.4 is 5.32 Å². The van der Waals surface area contributed by atoms with Gasteiger partial charge in [0.1, 0.15) is 12.7 Å². The second-order valence-electron chi connectivity index (χ2n) is 9.46. The standard InChI is InChI=1S/C22H35NO5Si/c1-15(13-27-29(6,7)22(3,4)5)19-18(20(24)23-19)16(2)28-21(25)26-14-17-11-9-8-10-12-17/h8-12,15-16,18-19H,13-14H2,1-7H3,(H,23,24)/t15-,16+,18+,19+/m0/s1. The fourth-order valence-corrected chi connectivity index (χ4v) is 4.17. The fourth-order valence-electron chi connectivity index (χ4n) is 3.05. The zero-order chi connectivity index (χ0) is 21.8. The van der Waals surface area contributed by atoms with Gasteiger partial charge in [-0.3, -0.25) is 4.79 Å². The Morgan fingerprint density at radius 2 is 1.79 bits per heavy atom. The van der Waals surface area contributed by atoms with Crippen molar-refractivity contribution in [2.75, 3.05) is 6.61 Å². The highest BCUT2D eigenvalue weighted by Crippen LogP contribution is 2.37. The molecule has 0 aliphatic carbocycles. The molecule has 1 aromatic rings. The van der Waals surface area contributed by atoms with Crippen molar-refractivity contribution in [1.29, 1.82) is 0 Å². The summed E-state index contributed by atoms with van der Waals surface area (Å²) >= 11 is 0. The van der Waals surface area contributed by atoms with Crippen LogP contribution >= 0.6 is 0 Å². The average molecular weight is 422 g/mol. The molecule has 2 rings (SSSR count). The predicted octanol–water partition coefficient (Wildman–Crippen LogP) is 4.50. The summed E-state index contributed by atoms with van der Waals surface area (Å²) in [5.41, 5.74) is 0.882. The highest BCUT2D eigenvalue weighted by molar-refractivity contribution is 6.74. The van der Waals surface area contributed by atoms with Crippen molar-refractivity contribution in [3.63, 3.8) is 0 Å². The molecule has 4 atom stereocenters. The van der Waals surface area contributed by atoms with Crippen molar-refractivity contribution in [3.05, 3.63) is 35.9 Å². The summed E-state index contributed by atoms with van der Waals surface area (Å²) in [4.78, 5) is 24.2. The molecule has 1 aromatic carbocycles. The number of β-lactam (4-membered cyclic amide) rings is 1. The lowest BCUT2D eigenvalue weighted by molar-refractivity contribution is -0.144. The van der Waals surface area contributed by atoms with E-state index in [2.05, 4.69) is 46.1 Å². The van der Waals surface area contributed by atoms with Gasteiger partial charge in [0, 0.05) is 12.6 Å². The molecular formula is C22H35NO5Si. The lowest BCUT2D eigenvalue weighted by Crippen LogP contribution is -2.65. The van der Waals surface area contributed by atoms with Gasteiger partial charge >= 0.3 is 6.16 Å². The molecule has 1 fully saturated rings. The van der Waals surface area contributed by atoms with Crippen molar-refractivity contribution in [2.45, 2.75) is 71.5 Å². The first-order chi connectivity index (χ1) is 13.4. The van der Waals surface area contributed by atoms with Crippen molar-refractivity contribution in [2.24, 2.45) is 11.8 Å². The minimum Gasteiger partial charge on any atom is -0.430 e. The predicted molar refractivity (Wildman–Crippen MR) is 115 cm³/mol. The van der Waals surface area contributed by atoms with E-state index in [0.717, 1.165) is 5.56 Å². The molecule has 0 unspecified atom stereocenters. The summed E-state index contributed by atoms with van der Waals surface area (Å²) in [7, 11) is -1.86. The number of nitrogens with one attached hydrogen (secondary N) is 1. The van der Waals surface area contributed by atoms with Crippen LogP contribution in [0.4, 0.5) is 4.79 Å². The summed E-state index contributed by atoms with van der Waals surface area (Å²) in [6, 6.07) is 9.32. The minimum atomic E-state index is -1.86. The Morgan fingerprint density at radius 1 is 1.17 bits per heavy atom. The molecule has 1 aliphatic heterocycles. The van der Waals surface area contributed by atoms with Gasteiger partial charge in [-0.1, -0.05) is 58.0 Å². The number of hydrogen-bond donors (Lipinski definition) is 1. The van der Waals surface area contributed by atoms with Crippen LogP contribution in [0.5, 0.6) is 0 Å². The van der Waals surface area contributed by atoms with Gasteiger partial charge in [0.05, 0.1) is 5.92 Å². The van der Waals surface area contributed by atoms with E-state index < -0.39 is 26.5 Å². The topological polar surface area (TPSA) is 73.9 Å². The van der Waals surface area contributed by atoms with Crippen LogP contribution in [0.25, 0.3) is 0 Å². The molecule has 1 saturated heterocycles. The molecule has 0 aromatic heterocycles. The molecule has 1 aliphatic rings. The van der Waals surface area contributed by atoms with Crippen LogP contribution in [0.15, 0.2) is 30.3 Å². The third-order valence-corrected chi connectivity index (χ3v) is 10.6. The van der Waals surface area contributed by atoms with Gasteiger partial charge in [0.2, 0.25) is 5.91 Å². The summed E-state index contributed by atoms with van der Waals surface area (Å²) in [5.74, 6) is -0.368. The van der Waals surface area contributed by atoms with E-state index in [1.807, 2.05) is 30.3 Å². The first-order valence-electron chi connectivity index (χ1n) is 10.2. The smallest absolute Gasteiger partial charge is 0.430 e. The van der Waals surface area contributed by atoms with Crippen LogP contribution in [-0.4, -0.2) is 39.1 Å².